The van der Waals surface area contributed by atoms with E-state index < -0.39 is 0 Å². The molecule has 1 atom stereocenters. The van der Waals surface area contributed by atoms with Crippen LogP contribution in [0.15, 0.2) is 54.6 Å². The van der Waals surface area contributed by atoms with Crippen molar-refractivity contribution >= 4 is 0 Å². The topological polar surface area (TPSA) is 29.5 Å². The summed E-state index contributed by atoms with van der Waals surface area (Å²) in [7, 11) is 0. The second-order valence-corrected chi connectivity index (χ2v) is 6.99. The van der Waals surface area contributed by atoms with Crippen LogP contribution in [0.3, 0.4) is 0 Å². The van der Waals surface area contributed by atoms with E-state index in [0.717, 1.165) is 24.3 Å². The first-order valence-corrected chi connectivity index (χ1v) is 8.23. The normalized spacial score (nSPS) is 30.2. The predicted molar refractivity (Wildman–Crippen MR) is 87.2 cm³/mol. The van der Waals surface area contributed by atoms with Crippen LogP contribution < -0.4 is 4.74 Å². The zero-order valence-electron chi connectivity index (χ0n) is 12.7. The van der Waals surface area contributed by atoms with E-state index in [-0.39, 0.29) is 6.10 Å². The van der Waals surface area contributed by atoms with Gasteiger partial charge in [0.25, 0.3) is 0 Å². The minimum Gasteiger partial charge on any atom is -0.457 e. The van der Waals surface area contributed by atoms with Gasteiger partial charge in [0.1, 0.15) is 11.5 Å². The van der Waals surface area contributed by atoms with E-state index in [2.05, 4.69) is 18.2 Å². The Morgan fingerprint density at radius 3 is 2.45 bits per heavy atom. The Balaban J connectivity index is 1.48. The van der Waals surface area contributed by atoms with Crippen LogP contribution in [0.2, 0.25) is 0 Å². The molecule has 2 aromatic carbocycles. The molecule has 4 rings (SSSR count). The van der Waals surface area contributed by atoms with Crippen LogP contribution in [0.25, 0.3) is 0 Å². The standard InChI is InChI=1S/C20H22O2/c21-17-13-20(14-17)10-9-16(12-20)15-5-4-8-19(11-15)22-18-6-2-1-3-7-18/h1-8,11,16-17,21H,9-10,12-14H2. The Bertz CT molecular complexity index is 644. The van der Waals surface area contributed by atoms with E-state index in [4.69, 9.17) is 4.74 Å². The van der Waals surface area contributed by atoms with Gasteiger partial charge in [-0.1, -0.05) is 30.3 Å². The smallest absolute Gasteiger partial charge is 0.127 e. The lowest BCUT2D eigenvalue weighted by Crippen LogP contribution is -2.38. The van der Waals surface area contributed by atoms with E-state index in [1.807, 2.05) is 36.4 Å². The summed E-state index contributed by atoms with van der Waals surface area (Å²) in [5, 5.41) is 9.62. The molecule has 114 valence electrons. The summed E-state index contributed by atoms with van der Waals surface area (Å²) in [5.74, 6) is 2.41. The van der Waals surface area contributed by atoms with Gasteiger partial charge in [-0.2, -0.15) is 0 Å². The van der Waals surface area contributed by atoms with Gasteiger partial charge in [-0.05, 0) is 73.3 Å². The fourth-order valence-corrected chi connectivity index (χ4v) is 4.26. The molecule has 2 aliphatic carbocycles. The highest BCUT2D eigenvalue weighted by Gasteiger charge is 2.48. The number of aliphatic hydroxyl groups is 1. The lowest BCUT2D eigenvalue weighted by Gasteiger charge is -2.43. The van der Waals surface area contributed by atoms with E-state index in [1.54, 1.807) is 0 Å². The van der Waals surface area contributed by atoms with Gasteiger partial charge in [0.2, 0.25) is 0 Å². The summed E-state index contributed by atoms with van der Waals surface area (Å²) in [6.45, 7) is 0. The fraction of sp³-hybridized carbons (Fsp3) is 0.400. The maximum atomic E-state index is 9.62. The lowest BCUT2D eigenvalue weighted by atomic mass is 9.65. The molecule has 0 aliphatic heterocycles. The second-order valence-electron chi connectivity index (χ2n) is 6.99. The SMILES string of the molecule is OC1CC2(CCC(c3cccc(Oc4ccccc4)c3)C2)C1. The first kappa shape index (κ1) is 13.8. The minimum absolute atomic E-state index is 0.0495. The third kappa shape index (κ3) is 2.64. The molecule has 1 spiro atoms. The summed E-state index contributed by atoms with van der Waals surface area (Å²) in [4.78, 5) is 0. The third-order valence-corrected chi connectivity index (χ3v) is 5.35. The van der Waals surface area contributed by atoms with Crippen LogP contribution >= 0.6 is 0 Å². The Morgan fingerprint density at radius 1 is 0.909 bits per heavy atom. The predicted octanol–water partition coefficient (Wildman–Crippen LogP) is 4.89. The van der Waals surface area contributed by atoms with Crippen LogP contribution in [-0.2, 0) is 0 Å². The Labute approximate surface area is 131 Å². The maximum absolute atomic E-state index is 9.62. The van der Waals surface area contributed by atoms with Crippen molar-refractivity contribution < 1.29 is 9.84 Å². The van der Waals surface area contributed by atoms with Crippen molar-refractivity contribution in [1.82, 2.24) is 0 Å². The molecule has 0 amide bonds. The van der Waals surface area contributed by atoms with Crippen molar-refractivity contribution in [3.63, 3.8) is 0 Å². The van der Waals surface area contributed by atoms with Crippen LogP contribution in [0.4, 0.5) is 0 Å². The first-order chi connectivity index (χ1) is 10.7. The van der Waals surface area contributed by atoms with Gasteiger partial charge in [-0.25, -0.2) is 0 Å². The fourth-order valence-electron chi connectivity index (χ4n) is 4.26. The van der Waals surface area contributed by atoms with Crippen molar-refractivity contribution in [3.8, 4) is 11.5 Å². The molecular formula is C20H22O2. The number of benzene rings is 2. The average molecular weight is 294 g/mol. The molecule has 22 heavy (non-hydrogen) atoms. The van der Waals surface area contributed by atoms with Crippen molar-refractivity contribution in [2.45, 2.75) is 44.1 Å². The zero-order valence-corrected chi connectivity index (χ0v) is 12.7. The molecule has 0 aromatic heterocycles. The Hall–Kier alpha value is -1.80. The highest BCUT2D eigenvalue weighted by molar-refractivity contribution is 5.36. The molecular weight excluding hydrogens is 272 g/mol. The minimum atomic E-state index is -0.0495. The van der Waals surface area contributed by atoms with Crippen LogP contribution in [0.1, 0.15) is 43.6 Å². The summed E-state index contributed by atoms with van der Waals surface area (Å²) in [6, 6.07) is 18.4. The van der Waals surface area contributed by atoms with E-state index in [1.165, 1.54) is 24.8 Å². The van der Waals surface area contributed by atoms with Crippen molar-refractivity contribution in [2.24, 2.45) is 5.41 Å². The molecule has 2 aromatic rings. The maximum Gasteiger partial charge on any atom is 0.127 e. The highest BCUT2D eigenvalue weighted by Crippen LogP contribution is 2.57. The number of hydrogen-bond donors (Lipinski definition) is 1. The van der Waals surface area contributed by atoms with E-state index in [9.17, 15) is 5.11 Å². The van der Waals surface area contributed by atoms with Gasteiger partial charge in [0.15, 0.2) is 0 Å². The second kappa shape index (κ2) is 5.44. The third-order valence-electron chi connectivity index (χ3n) is 5.35. The zero-order chi connectivity index (χ0) is 15.0. The monoisotopic (exact) mass is 294 g/mol. The summed E-state index contributed by atoms with van der Waals surface area (Å²) >= 11 is 0. The number of ether oxygens (including phenoxy) is 1. The largest absolute Gasteiger partial charge is 0.457 e. The molecule has 0 saturated heterocycles. The number of rotatable bonds is 3. The number of hydrogen-bond acceptors (Lipinski definition) is 2. The molecule has 2 heteroatoms. The van der Waals surface area contributed by atoms with Gasteiger partial charge in [0, 0.05) is 0 Å². The van der Waals surface area contributed by atoms with Crippen LogP contribution in [-0.4, -0.2) is 11.2 Å². The molecule has 1 unspecified atom stereocenters. The molecule has 2 nitrogen and oxygen atoms in total. The molecule has 2 fully saturated rings. The molecule has 1 N–H and O–H groups in total. The van der Waals surface area contributed by atoms with Gasteiger partial charge in [-0.3, -0.25) is 0 Å². The van der Waals surface area contributed by atoms with Gasteiger partial charge in [-0.15, -0.1) is 0 Å². The van der Waals surface area contributed by atoms with Crippen LogP contribution in [0, 0.1) is 5.41 Å². The number of aliphatic hydroxyl groups excluding tert-OH is 1. The van der Waals surface area contributed by atoms with Gasteiger partial charge >= 0.3 is 0 Å². The number of para-hydroxylation sites is 1. The van der Waals surface area contributed by atoms with Crippen molar-refractivity contribution in [2.75, 3.05) is 0 Å². The quantitative estimate of drug-likeness (QED) is 0.873. The van der Waals surface area contributed by atoms with Crippen molar-refractivity contribution in [1.29, 1.82) is 0 Å². The van der Waals surface area contributed by atoms with Gasteiger partial charge in [0.05, 0.1) is 6.10 Å². The molecule has 0 heterocycles. The highest BCUT2D eigenvalue weighted by atomic mass is 16.5. The summed E-state index contributed by atoms with van der Waals surface area (Å²) in [6.07, 6.45) is 5.68. The Kier molecular flexibility index (Phi) is 3.42. The first-order valence-electron chi connectivity index (χ1n) is 8.23. The summed E-state index contributed by atoms with van der Waals surface area (Å²) in [5.41, 5.74) is 1.81. The molecule has 2 saturated carbocycles. The van der Waals surface area contributed by atoms with E-state index in [0.29, 0.717) is 11.3 Å². The van der Waals surface area contributed by atoms with Crippen molar-refractivity contribution in [3.05, 3.63) is 60.2 Å². The summed E-state index contributed by atoms with van der Waals surface area (Å²) < 4.78 is 5.95. The molecule has 0 bridgehead atoms. The van der Waals surface area contributed by atoms with Gasteiger partial charge < -0.3 is 9.84 Å². The van der Waals surface area contributed by atoms with E-state index >= 15 is 0 Å². The van der Waals surface area contributed by atoms with Crippen LogP contribution in [0.5, 0.6) is 11.5 Å². The Morgan fingerprint density at radius 2 is 1.68 bits per heavy atom. The average Bonchev–Trinajstić information content (AvgIpc) is 2.94. The molecule has 2 aliphatic rings. The molecule has 0 radical (unpaired) electrons. The lowest BCUT2D eigenvalue weighted by molar-refractivity contribution is -0.0283.